The lowest BCUT2D eigenvalue weighted by atomic mass is 10.0. The Balaban J connectivity index is 1.88. The number of hydrogen-bond acceptors (Lipinski definition) is 3. The van der Waals surface area contributed by atoms with Gasteiger partial charge in [-0.05, 0) is 41.7 Å². The SMILES string of the molecule is CCCC(N)C(=O)NCCc1ccc(-c2ccc(OC(F)(F)F)cc2)cc1. The number of nitrogens with two attached hydrogens (primary N) is 1. The molecule has 0 heterocycles. The van der Waals surface area contributed by atoms with Crippen LogP contribution in [0.2, 0.25) is 0 Å². The fourth-order valence-corrected chi connectivity index (χ4v) is 2.62. The van der Waals surface area contributed by atoms with Gasteiger partial charge in [-0.3, -0.25) is 4.79 Å². The first-order valence-electron chi connectivity index (χ1n) is 8.77. The smallest absolute Gasteiger partial charge is 0.406 e. The zero-order valence-corrected chi connectivity index (χ0v) is 15.1. The molecule has 0 spiro atoms. The van der Waals surface area contributed by atoms with Crippen LogP contribution in [0.3, 0.4) is 0 Å². The Morgan fingerprint density at radius 1 is 1.07 bits per heavy atom. The van der Waals surface area contributed by atoms with Gasteiger partial charge in [-0.2, -0.15) is 0 Å². The fraction of sp³-hybridized carbons (Fsp3) is 0.350. The molecule has 0 saturated carbocycles. The molecular weight excluding hydrogens is 357 g/mol. The fourth-order valence-electron chi connectivity index (χ4n) is 2.62. The molecule has 2 aromatic carbocycles. The van der Waals surface area contributed by atoms with E-state index in [1.807, 2.05) is 31.2 Å². The van der Waals surface area contributed by atoms with Gasteiger partial charge in [-0.1, -0.05) is 49.7 Å². The van der Waals surface area contributed by atoms with E-state index in [1.54, 1.807) is 12.1 Å². The van der Waals surface area contributed by atoms with Crippen molar-refractivity contribution in [3.05, 3.63) is 54.1 Å². The van der Waals surface area contributed by atoms with Crippen LogP contribution in [0, 0.1) is 0 Å². The monoisotopic (exact) mass is 380 g/mol. The van der Waals surface area contributed by atoms with Crippen molar-refractivity contribution in [2.75, 3.05) is 6.54 Å². The van der Waals surface area contributed by atoms with E-state index in [0.717, 1.165) is 23.1 Å². The average molecular weight is 380 g/mol. The third-order valence-electron chi connectivity index (χ3n) is 4.02. The first kappa shape index (κ1) is 20.8. The summed E-state index contributed by atoms with van der Waals surface area (Å²) >= 11 is 0. The maximum absolute atomic E-state index is 12.2. The molecule has 27 heavy (non-hydrogen) atoms. The summed E-state index contributed by atoms with van der Waals surface area (Å²) in [6.45, 7) is 2.48. The first-order chi connectivity index (χ1) is 12.8. The zero-order chi connectivity index (χ0) is 19.9. The summed E-state index contributed by atoms with van der Waals surface area (Å²) in [6, 6.07) is 12.9. The van der Waals surface area contributed by atoms with Crippen molar-refractivity contribution in [2.45, 2.75) is 38.6 Å². The summed E-state index contributed by atoms with van der Waals surface area (Å²) in [5, 5.41) is 2.82. The number of alkyl halides is 3. The molecule has 0 aliphatic rings. The summed E-state index contributed by atoms with van der Waals surface area (Å²) in [5.41, 5.74) is 8.46. The highest BCUT2D eigenvalue weighted by Crippen LogP contribution is 2.26. The highest BCUT2D eigenvalue weighted by molar-refractivity contribution is 5.81. The number of hydrogen-bond donors (Lipinski definition) is 2. The van der Waals surface area contributed by atoms with E-state index >= 15 is 0 Å². The molecule has 4 nitrogen and oxygen atoms in total. The van der Waals surface area contributed by atoms with E-state index in [2.05, 4.69) is 10.1 Å². The Morgan fingerprint density at radius 2 is 1.63 bits per heavy atom. The number of nitrogens with one attached hydrogen (secondary N) is 1. The number of carbonyl (C=O) groups excluding carboxylic acids is 1. The second kappa shape index (κ2) is 9.41. The highest BCUT2D eigenvalue weighted by Gasteiger charge is 2.30. The van der Waals surface area contributed by atoms with Gasteiger partial charge in [0.2, 0.25) is 5.91 Å². The third-order valence-corrected chi connectivity index (χ3v) is 4.02. The molecule has 0 saturated heterocycles. The van der Waals surface area contributed by atoms with Gasteiger partial charge in [0.05, 0.1) is 6.04 Å². The first-order valence-corrected chi connectivity index (χ1v) is 8.77. The maximum Gasteiger partial charge on any atom is 0.573 e. The Morgan fingerprint density at radius 3 is 2.15 bits per heavy atom. The van der Waals surface area contributed by atoms with Crippen molar-refractivity contribution in [1.82, 2.24) is 5.32 Å². The minimum absolute atomic E-state index is 0.144. The Hall–Kier alpha value is -2.54. The second-order valence-corrected chi connectivity index (χ2v) is 6.21. The minimum Gasteiger partial charge on any atom is -0.406 e. The number of halogens is 3. The summed E-state index contributed by atoms with van der Waals surface area (Å²) in [7, 11) is 0. The van der Waals surface area contributed by atoms with Crippen molar-refractivity contribution >= 4 is 5.91 Å². The van der Waals surface area contributed by atoms with Gasteiger partial charge in [-0.25, -0.2) is 0 Å². The van der Waals surface area contributed by atoms with Crippen LogP contribution in [-0.2, 0) is 11.2 Å². The van der Waals surface area contributed by atoms with Crippen LogP contribution in [0.15, 0.2) is 48.5 Å². The van der Waals surface area contributed by atoms with E-state index in [0.29, 0.717) is 19.4 Å². The van der Waals surface area contributed by atoms with Crippen LogP contribution in [0.25, 0.3) is 11.1 Å². The quantitative estimate of drug-likeness (QED) is 0.727. The van der Waals surface area contributed by atoms with Crippen molar-refractivity contribution < 1.29 is 22.7 Å². The largest absolute Gasteiger partial charge is 0.573 e. The number of benzene rings is 2. The van der Waals surface area contributed by atoms with E-state index in [-0.39, 0.29) is 11.7 Å². The standard InChI is InChI=1S/C20H23F3N2O2/c1-2-3-18(24)19(26)25-13-12-14-4-6-15(7-5-14)16-8-10-17(11-9-16)27-20(21,22)23/h4-11,18H,2-3,12-13,24H2,1H3,(H,25,26). The van der Waals surface area contributed by atoms with Gasteiger partial charge in [0.15, 0.2) is 0 Å². The van der Waals surface area contributed by atoms with Gasteiger partial charge >= 0.3 is 6.36 Å². The van der Waals surface area contributed by atoms with Gasteiger partial charge < -0.3 is 15.8 Å². The Labute approximate surface area is 156 Å². The van der Waals surface area contributed by atoms with Gasteiger partial charge in [0.25, 0.3) is 0 Å². The van der Waals surface area contributed by atoms with Crippen LogP contribution in [0.5, 0.6) is 5.75 Å². The minimum atomic E-state index is -4.70. The van der Waals surface area contributed by atoms with E-state index < -0.39 is 12.4 Å². The summed E-state index contributed by atoms with van der Waals surface area (Å²) < 4.78 is 40.4. The van der Waals surface area contributed by atoms with Crippen LogP contribution < -0.4 is 15.8 Å². The number of amides is 1. The average Bonchev–Trinajstić information content (AvgIpc) is 2.62. The van der Waals surface area contributed by atoms with Crippen molar-refractivity contribution in [3.8, 4) is 16.9 Å². The lowest BCUT2D eigenvalue weighted by Gasteiger charge is -2.11. The van der Waals surface area contributed by atoms with Crippen LogP contribution >= 0.6 is 0 Å². The molecule has 146 valence electrons. The van der Waals surface area contributed by atoms with E-state index in [1.165, 1.54) is 12.1 Å². The molecule has 0 bridgehead atoms. The molecule has 0 fully saturated rings. The predicted molar refractivity (Wildman–Crippen MR) is 98.2 cm³/mol. The molecule has 1 amide bonds. The molecule has 7 heteroatoms. The molecule has 3 N–H and O–H groups in total. The summed E-state index contributed by atoms with van der Waals surface area (Å²) in [6.07, 6.45) is -2.51. The molecule has 0 radical (unpaired) electrons. The predicted octanol–water partition coefficient (Wildman–Crippen LogP) is 4.04. The lowest BCUT2D eigenvalue weighted by molar-refractivity contribution is -0.274. The highest BCUT2D eigenvalue weighted by atomic mass is 19.4. The summed E-state index contributed by atoms with van der Waals surface area (Å²) in [4.78, 5) is 11.8. The molecule has 0 aliphatic carbocycles. The van der Waals surface area contributed by atoms with Gasteiger partial charge in [-0.15, -0.1) is 13.2 Å². The van der Waals surface area contributed by atoms with Crippen LogP contribution in [-0.4, -0.2) is 24.9 Å². The molecule has 1 atom stereocenters. The van der Waals surface area contributed by atoms with Gasteiger partial charge in [0.1, 0.15) is 5.75 Å². The van der Waals surface area contributed by atoms with Crippen LogP contribution in [0.4, 0.5) is 13.2 Å². The van der Waals surface area contributed by atoms with Crippen LogP contribution in [0.1, 0.15) is 25.3 Å². The molecule has 2 rings (SSSR count). The number of rotatable bonds is 8. The second-order valence-electron chi connectivity index (χ2n) is 6.21. The van der Waals surface area contributed by atoms with Gasteiger partial charge in [0, 0.05) is 6.54 Å². The molecule has 0 aromatic heterocycles. The van der Waals surface area contributed by atoms with Crippen molar-refractivity contribution in [1.29, 1.82) is 0 Å². The normalized spacial score (nSPS) is 12.5. The van der Waals surface area contributed by atoms with E-state index in [4.69, 9.17) is 5.73 Å². The Bertz CT molecular complexity index is 728. The summed E-state index contributed by atoms with van der Waals surface area (Å²) in [5.74, 6) is -0.394. The Kier molecular flexibility index (Phi) is 7.24. The lowest BCUT2D eigenvalue weighted by Crippen LogP contribution is -2.41. The maximum atomic E-state index is 12.2. The molecule has 0 aliphatic heterocycles. The molecule has 1 unspecified atom stereocenters. The van der Waals surface area contributed by atoms with E-state index in [9.17, 15) is 18.0 Å². The third kappa shape index (κ3) is 6.94. The topological polar surface area (TPSA) is 64.4 Å². The van der Waals surface area contributed by atoms with Crippen molar-refractivity contribution in [3.63, 3.8) is 0 Å². The molecule has 2 aromatic rings. The molecular formula is C20H23F3N2O2. The zero-order valence-electron chi connectivity index (χ0n) is 15.1. The number of ether oxygens (including phenoxy) is 1. The van der Waals surface area contributed by atoms with Crippen molar-refractivity contribution in [2.24, 2.45) is 5.73 Å². The number of carbonyl (C=O) groups is 1.